The summed E-state index contributed by atoms with van der Waals surface area (Å²) in [5.41, 5.74) is 2.38. The Balaban J connectivity index is 1.57. The molecular weight excluding hydrogens is 355 g/mol. The first kappa shape index (κ1) is 20.8. The van der Waals surface area contributed by atoms with E-state index in [2.05, 4.69) is 21.9 Å². The molecule has 1 aliphatic rings. The molecular formula is C23H31FN2O2. The average molecular weight is 387 g/mol. The number of piperazine rings is 1. The van der Waals surface area contributed by atoms with E-state index in [9.17, 15) is 9.50 Å². The average Bonchev–Trinajstić information content (AvgIpc) is 2.67. The molecule has 4 nitrogen and oxygen atoms in total. The van der Waals surface area contributed by atoms with Crippen LogP contribution in [-0.4, -0.2) is 53.3 Å². The van der Waals surface area contributed by atoms with E-state index in [-0.39, 0.29) is 18.5 Å². The highest BCUT2D eigenvalue weighted by atomic mass is 19.1. The summed E-state index contributed by atoms with van der Waals surface area (Å²) < 4.78 is 18.9. The van der Waals surface area contributed by atoms with Gasteiger partial charge >= 0.3 is 0 Å². The van der Waals surface area contributed by atoms with E-state index in [0.29, 0.717) is 6.04 Å². The second-order valence-corrected chi connectivity index (χ2v) is 7.81. The molecule has 2 aromatic carbocycles. The first-order valence-corrected chi connectivity index (χ1v) is 10.1. The van der Waals surface area contributed by atoms with E-state index in [1.165, 1.54) is 17.7 Å². The van der Waals surface area contributed by atoms with Gasteiger partial charge in [0.25, 0.3) is 0 Å². The van der Waals surface area contributed by atoms with Gasteiger partial charge in [-0.05, 0) is 55.7 Å². The third-order valence-corrected chi connectivity index (χ3v) is 5.15. The lowest BCUT2D eigenvalue weighted by Gasteiger charge is -2.41. The van der Waals surface area contributed by atoms with E-state index in [1.807, 2.05) is 38.1 Å². The number of hydrogen-bond donors (Lipinski definition) is 1. The Bertz CT molecular complexity index is 718. The zero-order chi connectivity index (χ0) is 19.9. The Kier molecular flexibility index (Phi) is 7.43. The highest BCUT2D eigenvalue weighted by molar-refractivity contribution is 5.27. The van der Waals surface area contributed by atoms with Gasteiger partial charge in [0.1, 0.15) is 11.6 Å². The van der Waals surface area contributed by atoms with Gasteiger partial charge in [-0.1, -0.05) is 24.3 Å². The topological polar surface area (TPSA) is 35.9 Å². The van der Waals surface area contributed by atoms with Crippen LogP contribution in [0.5, 0.6) is 5.75 Å². The molecule has 1 aliphatic heterocycles. The molecule has 3 rings (SSSR count). The molecule has 0 unspecified atom stereocenters. The minimum Gasteiger partial charge on any atom is -0.491 e. The zero-order valence-electron chi connectivity index (χ0n) is 16.9. The van der Waals surface area contributed by atoms with Gasteiger partial charge in [-0.25, -0.2) is 4.39 Å². The van der Waals surface area contributed by atoms with Gasteiger partial charge in [0.2, 0.25) is 0 Å². The monoisotopic (exact) mass is 386 g/mol. The second-order valence-electron chi connectivity index (χ2n) is 7.81. The summed E-state index contributed by atoms with van der Waals surface area (Å²) in [6.07, 6.45) is 0.929. The Labute approximate surface area is 167 Å². The van der Waals surface area contributed by atoms with E-state index in [0.717, 1.165) is 50.5 Å². The number of aliphatic hydroxyl groups excluding tert-OH is 1. The molecule has 0 bridgehead atoms. The third-order valence-electron chi connectivity index (χ3n) is 5.15. The molecule has 0 aromatic heterocycles. The van der Waals surface area contributed by atoms with Crippen LogP contribution >= 0.6 is 0 Å². The number of ether oxygens (including phenoxy) is 1. The largest absolute Gasteiger partial charge is 0.491 e. The van der Waals surface area contributed by atoms with Crippen molar-refractivity contribution in [1.82, 2.24) is 9.80 Å². The van der Waals surface area contributed by atoms with Gasteiger partial charge in [-0.15, -0.1) is 0 Å². The van der Waals surface area contributed by atoms with Crippen LogP contribution in [-0.2, 0) is 13.1 Å². The van der Waals surface area contributed by atoms with Crippen LogP contribution in [0.25, 0.3) is 0 Å². The molecule has 0 spiro atoms. The Morgan fingerprint density at radius 3 is 2.29 bits per heavy atom. The minimum atomic E-state index is -0.203. The molecule has 0 amide bonds. The van der Waals surface area contributed by atoms with E-state index in [4.69, 9.17) is 4.74 Å². The van der Waals surface area contributed by atoms with Crippen molar-refractivity contribution >= 4 is 0 Å². The molecule has 1 saturated heterocycles. The SMILES string of the molecule is CC(C)Oc1ccc(CN2CCN(Cc3ccc(F)cc3)[C@H](CCO)C2)cc1. The van der Waals surface area contributed by atoms with Crippen molar-refractivity contribution in [3.05, 3.63) is 65.5 Å². The van der Waals surface area contributed by atoms with Crippen LogP contribution in [0.2, 0.25) is 0 Å². The first-order valence-electron chi connectivity index (χ1n) is 10.1. The lowest BCUT2D eigenvalue weighted by molar-refractivity contribution is 0.0499. The lowest BCUT2D eigenvalue weighted by Crippen LogP contribution is -2.52. The molecule has 2 aromatic rings. The van der Waals surface area contributed by atoms with E-state index >= 15 is 0 Å². The predicted octanol–water partition coefficient (Wildman–Crippen LogP) is 3.68. The van der Waals surface area contributed by atoms with Crippen molar-refractivity contribution in [2.75, 3.05) is 26.2 Å². The van der Waals surface area contributed by atoms with Crippen LogP contribution in [0.15, 0.2) is 48.5 Å². The van der Waals surface area contributed by atoms with Crippen molar-refractivity contribution in [2.45, 2.75) is 45.5 Å². The maximum absolute atomic E-state index is 13.1. The lowest BCUT2D eigenvalue weighted by atomic mass is 10.1. The maximum Gasteiger partial charge on any atom is 0.123 e. The van der Waals surface area contributed by atoms with Gasteiger partial charge < -0.3 is 9.84 Å². The summed E-state index contributed by atoms with van der Waals surface area (Å²) in [6.45, 7) is 8.77. The molecule has 1 N–H and O–H groups in total. The van der Waals surface area contributed by atoms with Gasteiger partial charge in [0.15, 0.2) is 0 Å². The summed E-state index contributed by atoms with van der Waals surface area (Å²) >= 11 is 0. The molecule has 5 heteroatoms. The Hall–Kier alpha value is -1.95. The minimum absolute atomic E-state index is 0.180. The molecule has 0 saturated carbocycles. The summed E-state index contributed by atoms with van der Waals surface area (Å²) in [4.78, 5) is 4.85. The number of aliphatic hydroxyl groups is 1. The number of rotatable bonds is 8. The summed E-state index contributed by atoms with van der Waals surface area (Å²) in [6, 6.07) is 15.3. The van der Waals surface area contributed by atoms with Crippen molar-refractivity contribution in [2.24, 2.45) is 0 Å². The van der Waals surface area contributed by atoms with Crippen molar-refractivity contribution in [1.29, 1.82) is 0 Å². The molecule has 152 valence electrons. The van der Waals surface area contributed by atoms with E-state index in [1.54, 1.807) is 0 Å². The number of nitrogens with zero attached hydrogens (tertiary/aromatic N) is 2. The van der Waals surface area contributed by atoms with E-state index < -0.39 is 0 Å². The number of halogens is 1. The fraction of sp³-hybridized carbons (Fsp3) is 0.478. The van der Waals surface area contributed by atoms with Gasteiger partial charge in [0, 0.05) is 45.4 Å². The van der Waals surface area contributed by atoms with Gasteiger partial charge in [0.05, 0.1) is 6.10 Å². The van der Waals surface area contributed by atoms with Gasteiger partial charge in [-0.2, -0.15) is 0 Å². The smallest absolute Gasteiger partial charge is 0.123 e. The molecule has 0 radical (unpaired) electrons. The van der Waals surface area contributed by atoms with Crippen molar-refractivity contribution < 1.29 is 14.2 Å². The maximum atomic E-state index is 13.1. The van der Waals surface area contributed by atoms with Crippen LogP contribution in [0, 0.1) is 5.82 Å². The Morgan fingerprint density at radius 2 is 1.64 bits per heavy atom. The molecule has 1 fully saturated rings. The van der Waals surface area contributed by atoms with Crippen molar-refractivity contribution in [3.63, 3.8) is 0 Å². The predicted molar refractivity (Wildman–Crippen MR) is 110 cm³/mol. The number of hydrogen-bond acceptors (Lipinski definition) is 4. The first-order chi connectivity index (χ1) is 13.5. The molecule has 28 heavy (non-hydrogen) atoms. The highest BCUT2D eigenvalue weighted by Gasteiger charge is 2.26. The quantitative estimate of drug-likeness (QED) is 0.751. The standard InChI is InChI=1S/C23H31FN2O2/c1-18(2)28-23-9-5-19(6-10-23)15-25-12-13-26(22(17-25)11-14-27)16-20-3-7-21(24)8-4-20/h3-10,18,22,27H,11-17H2,1-2H3/t22-/m1/s1. The van der Waals surface area contributed by atoms with Crippen LogP contribution < -0.4 is 4.74 Å². The third kappa shape index (κ3) is 6.03. The second kappa shape index (κ2) is 10.0. The van der Waals surface area contributed by atoms with Crippen LogP contribution in [0.1, 0.15) is 31.4 Å². The summed E-state index contributed by atoms with van der Waals surface area (Å²) in [5.74, 6) is 0.700. The summed E-state index contributed by atoms with van der Waals surface area (Å²) in [5, 5.41) is 9.51. The number of benzene rings is 2. The zero-order valence-corrected chi connectivity index (χ0v) is 16.9. The van der Waals surface area contributed by atoms with Crippen LogP contribution in [0.4, 0.5) is 4.39 Å². The summed E-state index contributed by atoms with van der Waals surface area (Å²) in [7, 11) is 0. The van der Waals surface area contributed by atoms with Crippen LogP contribution in [0.3, 0.4) is 0 Å². The molecule has 0 aliphatic carbocycles. The molecule has 1 atom stereocenters. The Morgan fingerprint density at radius 1 is 1.00 bits per heavy atom. The highest BCUT2D eigenvalue weighted by Crippen LogP contribution is 2.20. The normalized spacial score (nSPS) is 18.5. The van der Waals surface area contributed by atoms with Crippen molar-refractivity contribution in [3.8, 4) is 5.75 Å². The fourth-order valence-corrected chi connectivity index (χ4v) is 3.76. The fourth-order valence-electron chi connectivity index (χ4n) is 3.76. The van der Waals surface area contributed by atoms with Gasteiger partial charge in [-0.3, -0.25) is 9.80 Å². The molecule has 1 heterocycles.